The Hall–Kier alpha value is -2.19. The topological polar surface area (TPSA) is 90.2 Å². The van der Waals surface area contributed by atoms with Gasteiger partial charge in [-0.15, -0.1) is 0 Å². The predicted molar refractivity (Wildman–Crippen MR) is 84.4 cm³/mol. The van der Waals surface area contributed by atoms with Gasteiger partial charge in [-0.25, -0.2) is 9.97 Å². The number of aryl methyl sites for hydroxylation is 1. The van der Waals surface area contributed by atoms with E-state index >= 15 is 0 Å². The molecule has 1 aromatic heterocycles. The molecule has 0 amide bonds. The first-order chi connectivity index (χ1) is 10.6. The highest BCUT2D eigenvalue weighted by Crippen LogP contribution is 2.36. The van der Waals surface area contributed by atoms with Crippen LogP contribution < -0.4 is 5.32 Å². The second kappa shape index (κ2) is 7.71. The number of nitrogens with one attached hydrogen (secondary N) is 1. The van der Waals surface area contributed by atoms with Crippen molar-refractivity contribution in [1.82, 2.24) is 9.97 Å². The highest BCUT2D eigenvalue weighted by Gasteiger charge is 2.23. The zero-order valence-electron chi connectivity index (χ0n) is 12.3. The van der Waals surface area contributed by atoms with E-state index in [0.717, 1.165) is 10.5 Å². The van der Waals surface area contributed by atoms with Crippen LogP contribution in [0, 0.1) is 17.0 Å². The Morgan fingerprint density at radius 2 is 2.05 bits per heavy atom. The maximum absolute atomic E-state index is 11.4. The van der Waals surface area contributed by atoms with Crippen LogP contribution in [0.25, 0.3) is 0 Å². The highest BCUT2D eigenvalue weighted by atomic mass is 32.2. The average Bonchev–Trinajstić information content (AvgIpc) is 2.50. The minimum absolute atomic E-state index is 0.121. The van der Waals surface area contributed by atoms with Crippen molar-refractivity contribution in [3.63, 3.8) is 0 Å². The molecule has 116 valence electrons. The van der Waals surface area contributed by atoms with E-state index in [9.17, 15) is 10.1 Å². The van der Waals surface area contributed by atoms with Crippen LogP contribution in [0.2, 0.25) is 0 Å². The predicted octanol–water partition coefficient (Wildman–Crippen LogP) is 2.90. The molecule has 0 saturated heterocycles. The van der Waals surface area contributed by atoms with E-state index in [1.165, 1.54) is 18.1 Å². The fourth-order valence-electron chi connectivity index (χ4n) is 1.72. The molecule has 1 heterocycles. The molecule has 0 fully saturated rings. The van der Waals surface area contributed by atoms with Crippen molar-refractivity contribution in [2.45, 2.75) is 16.8 Å². The molecule has 2 rings (SSSR count). The summed E-state index contributed by atoms with van der Waals surface area (Å²) in [6, 6.07) is 7.72. The molecular weight excluding hydrogens is 304 g/mol. The molecule has 2 aromatic rings. The lowest BCUT2D eigenvalue weighted by molar-refractivity contribution is -0.387. The minimum atomic E-state index is -0.467. The third kappa shape index (κ3) is 4.15. The van der Waals surface area contributed by atoms with Gasteiger partial charge in [-0.1, -0.05) is 29.5 Å². The molecule has 0 spiro atoms. The largest absolute Gasteiger partial charge is 0.383 e. The van der Waals surface area contributed by atoms with Crippen LogP contribution in [0.4, 0.5) is 11.5 Å². The van der Waals surface area contributed by atoms with Gasteiger partial charge in [0.1, 0.15) is 6.33 Å². The second-order valence-electron chi connectivity index (χ2n) is 4.47. The lowest BCUT2D eigenvalue weighted by atomic mass is 10.2. The van der Waals surface area contributed by atoms with Gasteiger partial charge in [-0.3, -0.25) is 10.1 Å². The number of hydrogen-bond acceptors (Lipinski definition) is 7. The van der Waals surface area contributed by atoms with Gasteiger partial charge in [0, 0.05) is 18.6 Å². The number of hydrogen-bond donors (Lipinski definition) is 1. The molecule has 0 saturated carbocycles. The lowest BCUT2D eigenvalue weighted by Crippen LogP contribution is -2.11. The third-order valence-corrected chi connectivity index (χ3v) is 3.81. The summed E-state index contributed by atoms with van der Waals surface area (Å²) >= 11 is 1.24. The summed E-state index contributed by atoms with van der Waals surface area (Å²) in [6.45, 7) is 2.85. The average molecular weight is 320 g/mol. The Labute approximate surface area is 132 Å². The van der Waals surface area contributed by atoms with Crippen molar-refractivity contribution in [2.75, 3.05) is 25.6 Å². The van der Waals surface area contributed by atoms with Gasteiger partial charge in [-0.2, -0.15) is 0 Å². The van der Waals surface area contributed by atoms with Crippen LogP contribution >= 0.6 is 11.8 Å². The molecule has 8 heteroatoms. The number of aromatic nitrogens is 2. The van der Waals surface area contributed by atoms with E-state index in [2.05, 4.69) is 15.3 Å². The Kier molecular flexibility index (Phi) is 5.68. The van der Waals surface area contributed by atoms with Crippen molar-refractivity contribution in [3.8, 4) is 0 Å². The van der Waals surface area contributed by atoms with E-state index in [-0.39, 0.29) is 11.5 Å². The molecule has 0 atom stereocenters. The molecular formula is C14H16N4O3S. The Bertz CT molecular complexity index is 649. The quantitative estimate of drug-likeness (QED) is 0.363. The normalized spacial score (nSPS) is 10.5. The van der Waals surface area contributed by atoms with Crippen LogP contribution in [0.1, 0.15) is 5.56 Å². The smallest absolute Gasteiger partial charge is 0.343 e. The molecule has 0 aliphatic rings. The van der Waals surface area contributed by atoms with Crippen molar-refractivity contribution in [2.24, 2.45) is 0 Å². The van der Waals surface area contributed by atoms with Crippen molar-refractivity contribution >= 4 is 23.3 Å². The molecule has 0 unspecified atom stereocenters. The first-order valence-electron chi connectivity index (χ1n) is 6.58. The van der Waals surface area contributed by atoms with Gasteiger partial charge in [0.15, 0.2) is 5.03 Å². The molecule has 7 nitrogen and oxygen atoms in total. The van der Waals surface area contributed by atoms with Crippen LogP contribution in [0.3, 0.4) is 0 Å². The fraction of sp³-hybridized carbons (Fsp3) is 0.286. The number of nitrogens with zero attached hydrogens (tertiary/aromatic N) is 3. The van der Waals surface area contributed by atoms with Gasteiger partial charge in [0.2, 0.25) is 5.82 Å². The summed E-state index contributed by atoms with van der Waals surface area (Å²) in [7, 11) is 1.56. The molecule has 0 radical (unpaired) electrons. The van der Waals surface area contributed by atoms with Crippen molar-refractivity contribution < 1.29 is 9.66 Å². The summed E-state index contributed by atoms with van der Waals surface area (Å²) in [5.41, 5.74) is 1.01. The van der Waals surface area contributed by atoms with Crippen LogP contribution in [-0.2, 0) is 4.74 Å². The number of rotatable bonds is 7. The number of ether oxygens (including phenoxy) is 1. The van der Waals surface area contributed by atoms with Crippen LogP contribution in [-0.4, -0.2) is 35.2 Å². The number of methoxy groups -OCH3 is 1. The van der Waals surface area contributed by atoms with E-state index < -0.39 is 4.92 Å². The van der Waals surface area contributed by atoms with Crippen LogP contribution in [0.5, 0.6) is 0 Å². The van der Waals surface area contributed by atoms with E-state index in [1.807, 2.05) is 31.2 Å². The maximum atomic E-state index is 11.4. The van der Waals surface area contributed by atoms with Crippen LogP contribution in [0.15, 0.2) is 40.5 Å². The van der Waals surface area contributed by atoms with Gasteiger partial charge >= 0.3 is 5.69 Å². The first kappa shape index (κ1) is 16.2. The molecule has 22 heavy (non-hydrogen) atoms. The standard InChI is InChI=1S/C14H16N4O3S/c1-10-3-5-11(6-4-10)22-14-12(18(19)20)13(16-9-17-14)15-7-8-21-2/h3-6,9H,7-8H2,1-2H3,(H,15,16,17). The Morgan fingerprint density at radius 3 is 2.68 bits per heavy atom. The van der Waals surface area contributed by atoms with Crippen molar-refractivity contribution in [3.05, 3.63) is 46.3 Å². The summed E-state index contributed by atoms with van der Waals surface area (Å²) in [4.78, 5) is 19.8. The molecule has 0 aliphatic heterocycles. The van der Waals surface area contributed by atoms with E-state index in [4.69, 9.17) is 4.74 Å². The number of benzene rings is 1. The SMILES string of the molecule is COCCNc1ncnc(Sc2ccc(C)cc2)c1[N+](=O)[O-]. The minimum Gasteiger partial charge on any atom is -0.383 e. The number of anilines is 1. The molecule has 0 bridgehead atoms. The van der Waals surface area contributed by atoms with Gasteiger partial charge < -0.3 is 10.1 Å². The molecule has 0 aliphatic carbocycles. The monoisotopic (exact) mass is 320 g/mol. The lowest BCUT2D eigenvalue weighted by Gasteiger charge is -2.08. The molecule has 1 aromatic carbocycles. The second-order valence-corrected chi connectivity index (χ2v) is 5.53. The highest BCUT2D eigenvalue weighted by molar-refractivity contribution is 7.99. The summed E-state index contributed by atoms with van der Waals surface area (Å²) < 4.78 is 4.92. The summed E-state index contributed by atoms with van der Waals surface area (Å²) in [5.74, 6) is 0.201. The molecule has 1 N–H and O–H groups in total. The van der Waals surface area contributed by atoms with E-state index in [1.54, 1.807) is 7.11 Å². The van der Waals surface area contributed by atoms with E-state index in [0.29, 0.717) is 18.2 Å². The zero-order chi connectivity index (χ0) is 15.9. The number of nitro groups is 1. The van der Waals surface area contributed by atoms with Crippen molar-refractivity contribution in [1.29, 1.82) is 0 Å². The van der Waals surface area contributed by atoms with Gasteiger partial charge in [0.05, 0.1) is 11.5 Å². The van der Waals surface area contributed by atoms with Gasteiger partial charge in [0.25, 0.3) is 0 Å². The summed E-state index contributed by atoms with van der Waals surface area (Å²) in [5, 5.41) is 14.6. The third-order valence-electron chi connectivity index (χ3n) is 2.81. The Morgan fingerprint density at radius 1 is 1.32 bits per heavy atom. The summed E-state index contributed by atoms with van der Waals surface area (Å²) in [6.07, 6.45) is 1.32. The first-order valence-corrected chi connectivity index (χ1v) is 7.40. The zero-order valence-corrected chi connectivity index (χ0v) is 13.1. The fourth-order valence-corrected chi connectivity index (χ4v) is 2.58. The Balaban J connectivity index is 2.27. The van der Waals surface area contributed by atoms with Gasteiger partial charge in [-0.05, 0) is 19.1 Å². The maximum Gasteiger partial charge on any atom is 0.343 e.